The van der Waals surface area contributed by atoms with E-state index in [0.717, 1.165) is 33.2 Å². The molecule has 1 fully saturated rings. The lowest BCUT2D eigenvalue weighted by atomic mass is 9.98. The van der Waals surface area contributed by atoms with Gasteiger partial charge in [0.05, 0.1) is 0 Å². The van der Waals surface area contributed by atoms with Gasteiger partial charge in [0.25, 0.3) is 0 Å². The number of rotatable bonds is 5. The van der Waals surface area contributed by atoms with Crippen molar-refractivity contribution < 1.29 is 37.0 Å². The monoisotopic (exact) mass is 483 g/mol. The van der Waals surface area contributed by atoms with Crippen LogP contribution in [0.5, 0.6) is 5.75 Å². The molecule has 1 saturated heterocycles. The van der Waals surface area contributed by atoms with E-state index in [1.165, 1.54) is 18.2 Å². The van der Waals surface area contributed by atoms with Crippen molar-refractivity contribution in [2.75, 3.05) is 13.3 Å². The minimum atomic E-state index is -4.89. The van der Waals surface area contributed by atoms with Gasteiger partial charge in [0.2, 0.25) is 0 Å². The minimum absolute atomic E-state index is 0.0397. The van der Waals surface area contributed by atoms with Gasteiger partial charge in [-0.2, -0.15) is 0 Å². The summed E-state index contributed by atoms with van der Waals surface area (Å²) in [4.78, 5) is 26.4. The summed E-state index contributed by atoms with van der Waals surface area (Å²) in [6, 6.07) is 20.1. The Morgan fingerprint density at radius 1 is 0.943 bits per heavy atom. The molecule has 0 aromatic heterocycles. The van der Waals surface area contributed by atoms with Crippen LogP contribution in [-0.2, 0) is 20.7 Å². The van der Waals surface area contributed by atoms with Crippen LogP contribution in [0.1, 0.15) is 22.6 Å². The summed E-state index contributed by atoms with van der Waals surface area (Å²) in [5.74, 6) is -1.34. The second-order valence-electron chi connectivity index (χ2n) is 8.24. The third kappa shape index (κ3) is 4.53. The number of hydrogen-bond donors (Lipinski definition) is 0. The van der Waals surface area contributed by atoms with Crippen LogP contribution < -0.4 is 4.74 Å². The molecule has 0 spiro atoms. The van der Waals surface area contributed by atoms with Gasteiger partial charge < -0.3 is 14.2 Å². The molecule has 35 heavy (non-hydrogen) atoms. The van der Waals surface area contributed by atoms with Gasteiger partial charge in [0, 0.05) is 12.3 Å². The lowest BCUT2D eigenvalue weighted by Crippen LogP contribution is -2.40. The number of carbonyl (C=O) groups is 2. The first-order chi connectivity index (χ1) is 16.8. The Hall–Kier alpha value is -4.01. The quantitative estimate of drug-likeness (QED) is 0.463. The Morgan fingerprint density at radius 3 is 2.20 bits per heavy atom. The van der Waals surface area contributed by atoms with Gasteiger partial charge in [-0.3, -0.25) is 4.90 Å². The summed E-state index contributed by atoms with van der Waals surface area (Å²) in [5, 5.41) is 0. The first-order valence-corrected chi connectivity index (χ1v) is 10.9. The molecule has 2 aliphatic rings. The van der Waals surface area contributed by atoms with Crippen molar-refractivity contribution in [3.05, 3.63) is 89.5 Å². The number of benzene rings is 3. The van der Waals surface area contributed by atoms with Crippen molar-refractivity contribution in [3.63, 3.8) is 0 Å². The van der Waals surface area contributed by atoms with Crippen LogP contribution in [0.15, 0.2) is 72.8 Å². The Morgan fingerprint density at radius 2 is 1.54 bits per heavy atom. The SMILES string of the molecule is O=C1OCN(C(=O)OCC2c3ccccc3-c3ccccc32)[C@H]1Cc1ccccc1OC(F)(F)F. The molecular weight excluding hydrogens is 463 g/mol. The summed E-state index contributed by atoms with van der Waals surface area (Å²) >= 11 is 0. The van der Waals surface area contributed by atoms with E-state index >= 15 is 0 Å². The zero-order chi connectivity index (χ0) is 24.6. The van der Waals surface area contributed by atoms with Crippen molar-refractivity contribution in [1.82, 2.24) is 4.90 Å². The van der Waals surface area contributed by atoms with E-state index < -0.39 is 30.2 Å². The van der Waals surface area contributed by atoms with E-state index in [1.807, 2.05) is 48.5 Å². The van der Waals surface area contributed by atoms with Crippen LogP contribution in [0.25, 0.3) is 11.1 Å². The van der Waals surface area contributed by atoms with Gasteiger partial charge in [-0.25, -0.2) is 9.59 Å². The fourth-order valence-electron chi connectivity index (χ4n) is 4.60. The van der Waals surface area contributed by atoms with Gasteiger partial charge in [0.1, 0.15) is 18.4 Å². The van der Waals surface area contributed by atoms with Gasteiger partial charge in [-0.1, -0.05) is 66.7 Å². The maximum atomic E-state index is 12.9. The van der Waals surface area contributed by atoms with Crippen molar-refractivity contribution in [2.24, 2.45) is 0 Å². The fourth-order valence-corrected chi connectivity index (χ4v) is 4.60. The molecule has 1 aliphatic heterocycles. The van der Waals surface area contributed by atoms with E-state index in [9.17, 15) is 22.8 Å². The number of hydrogen-bond acceptors (Lipinski definition) is 5. The van der Waals surface area contributed by atoms with Crippen LogP contribution in [-0.4, -0.2) is 42.7 Å². The molecule has 5 rings (SSSR count). The predicted octanol–water partition coefficient (Wildman–Crippen LogP) is 5.26. The molecule has 3 aromatic carbocycles. The Bertz CT molecular complexity index is 1230. The van der Waals surface area contributed by atoms with Gasteiger partial charge in [-0.15, -0.1) is 13.2 Å². The molecule has 1 heterocycles. The molecule has 0 radical (unpaired) electrons. The second-order valence-corrected chi connectivity index (χ2v) is 8.24. The Labute approximate surface area is 198 Å². The summed E-state index contributed by atoms with van der Waals surface area (Å²) in [5.41, 5.74) is 4.33. The molecular formula is C26H20F3NO5. The standard InChI is InChI=1S/C26H20F3NO5/c27-26(28,29)35-23-12-6-1-7-16(23)13-22-24(31)34-15-30(22)25(32)33-14-21-19-10-4-2-8-17(19)18-9-3-5-11-20(18)21/h1-12,21-22H,13-15H2/t22-/m0/s1. The molecule has 0 N–H and O–H groups in total. The average Bonchev–Trinajstić information content (AvgIpc) is 3.36. The van der Waals surface area contributed by atoms with E-state index in [-0.39, 0.29) is 31.2 Å². The van der Waals surface area contributed by atoms with Crippen LogP contribution in [0.4, 0.5) is 18.0 Å². The largest absolute Gasteiger partial charge is 0.573 e. The number of ether oxygens (including phenoxy) is 3. The number of fused-ring (bicyclic) bond motifs is 3. The maximum absolute atomic E-state index is 12.9. The lowest BCUT2D eigenvalue weighted by molar-refractivity contribution is -0.274. The molecule has 180 valence electrons. The van der Waals surface area contributed by atoms with E-state index in [2.05, 4.69) is 4.74 Å². The summed E-state index contributed by atoms with van der Waals surface area (Å²) in [6.45, 7) is -0.305. The average molecular weight is 483 g/mol. The summed E-state index contributed by atoms with van der Waals surface area (Å²) in [6.07, 6.45) is -5.88. The molecule has 6 nitrogen and oxygen atoms in total. The van der Waals surface area contributed by atoms with Crippen molar-refractivity contribution in [2.45, 2.75) is 24.7 Å². The van der Waals surface area contributed by atoms with Crippen LogP contribution in [0, 0.1) is 0 Å². The number of nitrogens with zero attached hydrogens (tertiary/aromatic N) is 1. The van der Waals surface area contributed by atoms with E-state index in [4.69, 9.17) is 9.47 Å². The summed E-state index contributed by atoms with van der Waals surface area (Å²) in [7, 11) is 0. The first-order valence-electron chi connectivity index (χ1n) is 10.9. The van der Waals surface area contributed by atoms with E-state index in [1.54, 1.807) is 0 Å². The van der Waals surface area contributed by atoms with Gasteiger partial charge in [-0.05, 0) is 33.9 Å². The number of carbonyl (C=O) groups excluding carboxylic acids is 2. The number of esters is 1. The molecule has 0 unspecified atom stereocenters. The minimum Gasteiger partial charge on any atom is -0.448 e. The molecule has 1 aliphatic carbocycles. The lowest BCUT2D eigenvalue weighted by Gasteiger charge is -2.22. The topological polar surface area (TPSA) is 65.1 Å². The normalized spacial score (nSPS) is 17.1. The predicted molar refractivity (Wildman–Crippen MR) is 118 cm³/mol. The number of halogens is 3. The molecule has 1 atom stereocenters. The van der Waals surface area contributed by atoms with Crippen molar-refractivity contribution in [3.8, 4) is 16.9 Å². The zero-order valence-electron chi connectivity index (χ0n) is 18.3. The van der Waals surface area contributed by atoms with Crippen LogP contribution in [0.3, 0.4) is 0 Å². The number of cyclic esters (lactones) is 1. The number of para-hydroxylation sites is 1. The smallest absolute Gasteiger partial charge is 0.448 e. The van der Waals surface area contributed by atoms with Gasteiger partial charge in [0.15, 0.2) is 6.73 Å². The first kappa shape index (κ1) is 22.8. The van der Waals surface area contributed by atoms with Crippen LogP contribution in [0.2, 0.25) is 0 Å². The molecule has 0 saturated carbocycles. The third-order valence-corrected chi connectivity index (χ3v) is 6.18. The summed E-state index contributed by atoms with van der Waals surface area (Å²) < 4.78 is 53.0. The van der Waals surface area contributed by atoms with Gasteiger partial charge >= 0.3 is 18.4 Å². The maximum Gasteiger partial charge on any atom is 0.573 e. The fraction of sp³-hybridized carbons (Fsp3) is 0.231. The van der Waals surface area contributed by atoms with Crippen molar-refractivity contribution >= 4 is 12.1 Å². The molecule has 3 aromatic rings. The highest BCUT2D eigenvalue weighted by Gasteiger charge is 2.41. The van der Waals surface area contributed by atoms with Crippen LogP contribution >= 0.6 is 0 Å². The second kappa shape index (κ2) is 8.98. The number of amides is 1. The number of alkyl halides is 3. The zero-order valence-corrected chi connectivity index (χ0v) is 18.3. The third-order valence-electron chi connectivity index (χ3n) is 6.18. The van der Waals surface area contributed by atoms with E-state index in [0.29, 0.717) is 0 Å². The molecule has 0 bridgehead atoms. The Balaban J connectivity index is 1.31. The highest BCUT2D eigenvalue weighted by Crippen LogP contribution is 2.44. The Kier molecular flexibility index (Phi) is 5.84. The molecule has 1 amide bonds. The highest BCUT2D eigenvalue weighted by molar-refractivity contribution is 5.84. The van der Waals surface area contributed by atoms with Crippen molar-refractivity contribution in [1.29, 1.82) is 0 Å². The highest BCUT2D eigenvalue weighted by atomic mass is 19.4. The molecule has 9 heteroatoms.